The Morgan fingerprint density at radius 3 is 2.64 bits per heavy atom. The fraction of sp³-hybridized carbons (Fsp3) is 0.529. The summed E-state index contributed by atoms with van der Waals surface area (Å²) in [5, 5.41) is 2.52. The molecule has 8 heteroatoms. The monoisotopic (exact) mass is 382 g/mol. The first-order chi connectivity index (χ1) is 11.7. The van der Waals surface area contributed by atoms with Crippen molar-refractivity contribution in [1.82, 2.24) is 14.7 Å². The molecule has 3 rings (SSSR count). The Balaban J connectivity index is 1.89. The molecule has 0 radical (unpaired) electrons. The zero-order valence-corrected chi connectivity index (χ0v) is 16.4. The molecular weight excluding hydrogens is 360 g/mol. The van der Waals surface area contributed by atoms with E-state index in [4.69, 9.17) is 11.6 Å². The van der Waals surface area contributed by atoms with E-state index >= 15 is 0 Å². The van der Waals surface area contributed by atoms with Crippen LogP contribution in [0.25, 0.3) is 10.8 Å². The number of fused-ring (bicyclic) bond motifs is 1. The highest BCUT2D eigenvalue weighted by Gasteiger charge is 2.36. The number of rotatable bonds is 5. The van der Waals surface area contributed by atoms with Crippen LogP contribution in [0.5, 0.6) is 0 Å². The number of pyridine rings is 2. The van der Waals surface area contributed by atoms with Gasteiger partial charge in [-0.1, -0.05) is 25.4 Å². The van der Waals surface area contributed by atoms with Crippen molar-refractivity contribution in [2.75, 3.05) is 24.2 Å². The summed E-state index contributed by atoms with van der Waals surface area (Å²) in [5.41, 5.74) is 2.03. The molecule has 1 aliphatic heterocycles. The molecule has 2 atom stereocenters. The Labute approximate surface area is 153 Å². The number of halogens is 1. The second-order valence-corrected chi connectivity index (χ2v) is 9.23. The van der Waals surface area contributed by atoms with Crippen LogP contribution in [-0.2, 0) is 10.0 Å². The normalized spacial score (nSPS) is 21.0. The first kappa shape index (κ1) is 18.4. The lowest BCUT2D eigenvalue weighted by Gasteiger charge is -2.48. The Morgan fingerprint density at radius 1 is 1.32 bits per heavy atom. The van der Waals surface area contributed by atoms with Gasteiger partial charge >= 0.3 is 0 Å². The zero-order valence-electron chi connectivity index (χ0n) is 14.8. The van der Waals surface area contributed by atoms with Gasteiger partial charge in [-0.05, 0) is 18.9 Å². The van der Waals surface area contributed by atoms with Crippen LogP contribution >= 0.6 is 11.6 Å². The molecule has 2 aromatic rings. The number of aromatic nitrogens is 2. The minimum Gasteiger partial charge on any atom is -0.366 e. The standard InChI is InChI=1S/C17H23ClN4O2S/c1-10(2)17-13-5-16(18)19-7-14(13)15(8-20-17)22-9-12(11(22)3)6-21-25(4,23)24/h5,7-8,10-12,21H,6,9H2,1-4H3/t11-,12-/m1/s1. The van der Waals surface area contributed by atoms with Gasteiger partial charge in [0.05, 0.1) is 23.8 Å². The van der Waals surface area contributed by atoms with E-state index in [1.54, 1.807) is 6.20 Å². The van der Waals surface area contributed by atoms with Crippen LogP contribution in [0.15, 0.2) is 18.5 Å². The lowest BCUT2D eigenvalue weighted by atomic mass is 9.88. The van der Waals surface area contributed by atoms with Crippen molar-refractivity contribution < 1.29 is 8.42 Å². The maximum Gasteiger partial charge on any atom is 0.208 e. The number of hydrogen-bond donors (Lipinski definition) is 1. The molecule has 25 heavy (non-hydrogen) atoms. The van der Waals surface area contributed by atoms with E-state index in [9.17, 15) is 8.42 Å². The summed E-state index contributed by atoms with van der Waals surface area (Å²) in [6, 6.07) is 2.09. The van der Waals surface area contributed by atoms with E-state index in [-0.39, 0.29) is 17.9 Å². The van der Waals surface area contributed by atoms with Crippen LogP contribution in [0.4, 0.5) is 5.69 Å². The summed E-state index contributed by atoms with van der Waals surface area (Å²) < 4.78 is 25.2. The van der Waals surface area contributed by atoms with Crippen LogP contribution in [0.2, 0.25) is 5.15 Å². The Hall–Kier alpha value is -1.44. The van der Waals surface area contributed by atoms with Gasteiger partial charge in [0.1, 0.15) is 5.15 Å². The second-order valence-electron chi connectivity index (χ2n) is 7.01. The van der Waals surface area contributed by atoms with Gasteiger partial charge in [-0.15, -0.1) is 0 Å². The molecule has 1 fully saturated rings. The molecular formula is C17H23ClN4O2S. The number of nitrogens with one attached hydrogen (secondary N) is 1. The summed E-state index contributed by atoms with van der Waals surface area (Å²) in [7, 11) is -3.16. The maximum atomic E-state index is 11.3. The van der Waals surface area contributed by atoms with Crippen molar-refractivity contribution in [3.63, 3.8) is 0 Å². The van der Waals surface area contributed by atoms with Crippen LogP contribution in [0, 0.1) is 5.92 Å². The van der Waals surface area contributed by atoms with Gasteiger partial charge < -0.3 is 4.90 Å². The Bertz CT molecular complexity index is 901. The fourth-order valence-electron chi connectivity index (χ4n) is 3.30. The third kappa shape index (κ3) is 3.73. The Kier molecular flexibility index (Phi) is 4.92. The average molecular weight is 383 g/mol. The second kappa shape index (κ2) is 6.70. The zero-order chi connectivity index (χ0) is 18.4. The van der Waals surface area contributed by atoms with Gasteiger partial charge in [0.2, 0.25) is 10.0 Å². The largest absolute Gasteiger partial charge is 0.366 e. The van der Waals surface area contributed by atoms with Crippen molar-refractivity contribution >= 4 is 38.1 Å². The van der Waals surface area contributed by atoms with Crippen LogP contribution in [-0.4, -0.2) is 43.8 Å². The molecule has 3 heterocycles. The van der Waals surface area contributed by atoms with E-state index in [0.717, 1.165) is 28.7 Å². The lowest BCUT2D eigenvalue weighted by molar-refractivity contribution is 0.313. The fourth-order valence-corrected chi connectivity index (χ4v) is 3.98. The van der Waals surface area contributed by atoms with Gasteiger partial charge in [-0.2, -0.15) is 0 Å². The van der Waals surface area contributed by atoms with Crippen molar-refractivity contribution in [2.24, 2.45) is 5.92 Å². The quantitative estimate of drug-likeness (QED) is 0.805. The van der Waals surface area contributed by atoms with Crippen molar-refractivity contribution in [3.8, 4) is 0 Å². The van der Waals surface area contributed by atoms with Crippen molar-refractivity contribution in [2.45, 2.75) is 32.7 Å². The summed E-state index contributed by atoms with van der Waals surface area (Å²) in [5.74, 6) is 0.561. The first-order valence-electron chi connectivity index (χ1n) is 8.33. The molecule has 1 aliphatic rings. The minimum absolute atomic E-state index is 0.222. The number of nitrogens with zero attached hydrogens (tertiary/aromatic N) is 3. The summed E-state index contributed by atoms with van der Waals surface area (Å²) in [6.07, 6.45) is 4.88. The summed E-state index contributed by atoms with van der Waals surface area (Å²) in [4.78, 5) is 11.1. The lowest BCUT2D eigenvalue weighted by Crippen LogP contribution is -2.58. The predicted molar refractivity (Wildman–Crippen MR) is 102 cm³/mol. The first-order valence-corrected chi connectivity index (χ1v) is 10.6. The van der Waals surface area contributed by atoms with E-state index in [0.29, 0.717) is 11.7 Å². The number of hydrogen-bond acceptors (Lipinski definition) is 5. The highest BCUT2D eigenvalue weighted by molar-refractivity contribution is 7.88. The molecule has 0 saturated carbocycles. The highest BCUT2D eigenvalue weighted by atomic mass is 35.5. The molecule has 1 N–H and O–H groups in total. The third-order valence-corrected chi connectivity index (χ3v) is 5.72. The number of anilines is 1. The van der Waals surface area contributed by atoms with E-state index in [2.05, 4.69) is 40.4 Å². The summed E-state index contributed by atoms with van der Waals surface area (Å²) in [6.45, 7) is 7.55. The maximum absolute atomic E-state index is 11.3. The highest BCUT2D eigenvalue weighted by Crippen LogP contribution is 2.37. The van der Waals surface area contributed by atoms with Gasteiger partial charge in [0.15, 0.2) is 0 Å². The van der Waals surface area contributed by atoms with Crippen LogP contribution in [0.1, 0.15) is 32.4 Å². The van der Waals surface area contributed by atoms with Crippen molar-refractivity contribution in [3.05, 3.63) is 29.3 Å². The molecule has 0 aromatic carbocycles. The van der Waals surface area contributed by atoms with Crippen LogP contribution in [0.3, 0.4) is 0 Å². The topological polar surface area (TPSA) is 75.2 Å². The van der Waals surface area contributed by atoms with E-state index in [1.165, 1.54) is 6.26 Å². The Morgan fingerprint density at radius 2 is 2.04 bits per heavy atom. The molecule has 0 amide bonds. The van der Waals surface area contributed by atoms with Crippen molar-refractivity contribution in [1.29, 1.82) is 0 Å². The average Bonchev–Trinajstić information content (AvgIpc) is 2.51. The smallest absolute Gasteiger partial charge is 0.208 e. The van der Waals surface area contributed by atoms with Gasteiger partial charge in [-0.25, -0.2) is 18.1 Å². The third-order valence-electron chi connectivity index (χ3n) is 4.82. The molecule has 0 aliphatic carbocycles. The SMILES string of the molecule is CC(C)c1ncc(N2C[C@@H](CNS(C)(=O)=O)[C@H]2C)c2cnc(Cl)cc12. The molecule has 0 bridgehead atoms. The number of sulfonamides is 1. The summed E-state index contributed by atoms with van der Waals surface area (Å²) >= 11 is 6.09. The van der Waals surface area contributed by atoms with Crippen LogP contribution < -0.4 is 9.62 Å². The van der Waals surface area contributed by atoms with Gasteiger partial charge in [0.25, 0.3) is 0 Å². The molecule has 0 unspecified atom stereocenters. The molecule has 0 spiro atoms. The van der Waals surface area contributed by atoms with Gasteiger partial charge in [0, 0.05) is 42.0 Å². The van der Waals surface area contributed by atoms with E-state index < -0.39 is 10.0 Å². The minimum atomic E-state index is -3.16. The molecule has 136 valence electrons. The van der Waals surface area contributed by atoms with E-state index in [1.807, 2.05) is 12.3 Å². The predicted octanol–water partition coefficient (Wildman–Crippen LogP) is 2.78. The molecule has 1 saturated heterocycles. The molecule has 2 aromatic heterocycles. The molecule has 6 nitrogen and oxygen atoms in total. The van der Waals surface area contributed by atoms with Gasteiger partial charge in [-0.3, -0.25) is 4.98 Å².